The highest BCUT2D eigenvalue weighted by Gasteiger charge is 2.25. The van der Waals surface area contributed by atoms with Crippen molar-refractivity contribution in [3.05, 3.63) is 53.5 Å². The van der Waals surface area contributed by atoms with E-state index in [1.54, 1.807) is 0 Å². The largest absolute Gasteiger partial charge is 0.370 e. The molecule has 8 heteroatoms. The second-order valence-electron chi connectivity index (χ2n) is 7.48. The molecular weight excluding hydrogens is 491 g/mol. The smallest absolute Gasteiger partial charge is 0.193 e. The minimum Gasteiger partial charge on any atom is -0.370 e. The molecule has 3 aromatic rings. The second kappa shape index (κ2) is 10.3. The third-order valence-electron chi connectivity index (χ3n) is 5.62. The third-order valence-corrected chi connectivity index (χ3v) is 5.62. The van der Waals surface area contributed by atoms with Crippen molar-refractivity contribution in [3.8, 4) is 0 Å². The van der Waals surface area contributed by atoms with Gasteiger partial charge in [-0.1, -0.05) is 25.1 Å². The van der Waals surface area contributed by atoms with Crippen LogP contribution in [0.25, 0.3) is 10.9 Å². The predicted molar refractivity (Wildman–Crippen MR) is 132 cm³/mol. The summed E-state index contributed by atoms with van der Waals surface area (Å²) in [7, 11) is 3.77. The predicted octanol–water partition coefficient (Wildman–Crippen LogP) is 3.27. The highest BCUT2D eigenvalue weighted by Crippen LogP contribution is 2.23. The Hall–Kier alpha value is -2.07. The van der Waals surface area contributed by atoms with Gasteiger partial charge in [0.1, 0.15) is 6.10 Å². The number of morpholine rings is 1. The Labute approximate surface area is 194 Å². The van der Waals surface area contributed by atoms with E-state index in [-0.39, 0.29) is 30.1 Å². The summed E-state index contributed by atoms with van der Waals surface area (Å²) in [6, 6.07) is 6.55. The Morgan fingerprint density at radius 1 is 1.37 bits per heavy atom. The van der Waals surface area contributed by atoms with E-state index in [4.69, 9.17) is 4.74 Å². The maximum absolute atomic E-state index is 5.95. The van der Waals surface area contributed by atoms with Gasteiger partial charge in [-0.05, 0) is 24.0 Å². The first-order valence-electron chi connectivity index (χ1n) is 10.3. The van der Waals surface area contributed by atoms with Crippen molar-refractivity contribution >= 4 is 40.8 Å². The van der Waals surface area contributed by atoms with Crippen LogP contribution in [0.15, 0.2) is 41.8 Å². The summed E-state index contributed by atoms with van der Waals surface area (Å²) in [6.07, 6.45) is 8.05. The Morgan fingerprint density at radius 3 is 2.97 bits per heavy atom. The number of nitrogens with one attached hydrogen (secondary N) is 2. The van der Waals surface area contributed by atoms with Crippen LogP contribution in [0.1, 0.15) is 29.7 Å². The molecule has 2 aromatic heterocycles. The molecular formula is C22H31IN6O. The lowest BCUT2D eigenvalue weighted by atomic mass is 10.1. The van der Waals surface area contributed by atoms with E-state index < -0.39 is 0 Å². The molecule has 7 nitrogen and oxygen atoms in total. The van der Waals surface area contributed by atoms with E-state index >= 15 is 0 Å². The summed E-state index contributed by atoms with van der Waals surface area (Å²) in [5, 5.41) is 9.12. The van der Waals surface area contributed by atoms with Gasteiger partial charge < -0.3 is 19.9 Å². The first-order valence-corrected chi connectivity index (χ1v) is 10.3. The van der Waals surface area contributed by atoms with Crippen molar-refractivity contribution < 1.29 is 4.74 Å². The highest BCUT2D eigenvalue weighted by molar-refractivity contribution is 14.0. The van der Waals surface area contributed by atoms with E-state index in [1.165, 1.54) is 22.0 Å². The molecule has 0 radical (unpaired) electrons. The van der Waals surface area contributed by atoms with Gasteiger partial charge in [-0.15, -0.1) is 24.0 Å². The van der Waals surface area contributed by atoms with Crippen LogP contribution in [0.3, 0.4) is 0 Å². The molecule has 0 saturated carbocycles. The number of benzene rings is 1. The van der Waals surface area contributed by atoms with E-state index in [1.807, 2.05) is 31.2 Å². The zero-order valence-electron chi connectivity index (χ0n) is 17.9. The molecule has 0 spiro atoms. The topological polar surface area (TPSA) is 70.5 Å². The zero-order chi connectivity index (χ0) is 20.2. The Morgan fingerprint density at radius 2 is 2.23 bits per heavy atom. The lowest BCUT2D eigenvalue weighted by Crippen LogP contribution is -2.48. The molecule has 1 aliphatic rings. The van der Waals surface area contributed by atoms with Gasteiger partial charge in [0.05, 0.1) is 19.3 Å². The van der Waals surface area contributed by atoms with Gasteiger partial charge in [0, 0.05) is 56.0 Å². The van der Waals surface area contributed by atoms with E-state index in [2.05, 4.69) is 56.6 Å². The molecule has 0 bridgehead atoms. The number of nitrogens with zero attached hydrogens (tertiary/aromatic N) is 4. The minimum atomic E-state index is 0. The van der Waals surface area contributed by atoms with Crippen molar-refractivity contribution in [2.24, 2.45) is 12.0 Å². The van der Waals surface area contributed by atoms with Gasteiger partial charge in [0.25, 0.3) is 0 Å². The van der Waals surface area contributed by atoms with Gasteiger partial charge >= 0.3 is 0 Å². The first kappa shape index (κ1) is 22.6. The number of para-hydroxylation sites is 1. The van der Waals surface area contributed by atoms with Gasteiger partial charge in [0.2, 0.25) is 0 Å². The Balaban J connectivity index is 0.00000256. The molecule has 0 amide bonds. The van der Waals surface area contributed by atoms with Gasteiger partial charge in [-0.3, -0.25) is 9.67 Å². The molecule has 1 fully saturated rings. The summed E-state index contributed by atoms with van der Waals surface area (Å²) in [6.45, 7) is 5.33. The SMILES string of the molecule is CCc1cccc2c(CCNC(=NC)N3CCOC(c4cnn(C)c4)C3)c[nH]c12.I. The van der Waals surface area contributed by atoms with Crippen LogP contribution in [0, 0.1) is 0 Å². The molecule has 162 valence electrons. The van der Waals surface area contributed by atoms with Crippen molar-refractivity contribution in [2.45, 2.75) is 25.9 Å². The number of guanidine groups is 1. The van der Waals surface area contributed by atoms with Crippen molar-refractivity contribution in [3.63, 3.8) is 0 Å². The number of fused-ring (bicyclic) bond motifs is 1. The van der Waals surface area contributed by atoms with E-state index in [9.17, 15) is 0 Å². The number of hydrogen-bond donors (Lipinski definition) is 2. The summed E-state index contributed by atoms with van der Waals surface area (Å²) in [5.74, 6) is 0.927. The van der Waals surface area contributed by atoms with Crippen LogP contribution >= 0.6 is 24.0 Å². The van der Waals surface area contributed by atoms with E-state index in [0.29, 0.717) is 6.61 Å². The molecule has 1 unspecified atom stereocenters. The average Bonchev–Trinajstić information content (AvgIpc) is 3.37. The molecule has 1 atom stereocenters. The molecule has 1 aromatic carbocycles. The number of aromatic nitrogens is 3. The van der Waals surface area contributed by atoms with Crippen LogP contribution in [0.2, 0.25) is 0 Å². The van der Waals surface area contributed by atoms with Gasteiger partial charge in [-0.25, -0.2) is 0 Å². The summed E-state index contributed by atoms with van der Waals surface area (Å²) < 4.78 is 7.77. The fourth-order valence-corrected chi connectivity index (χ4v) is 4.07. The average molecular weight is 522 g/mol. The van der Waals surface area contributed by atoms with Crippen LogP contribution < -0.4 is 5.32 Å². The molecule has 30 heavy (non-hydrogen) atoms. The van der Waals surface area contributed by atoms with Crippen LogP contribution in [0.4, 0.5) is 0 Å². The number of aliphatic imine (C=N–C) groups is 1. The molecule has 4 rings (SSSR count). The molecule has 2 N–H and O–H groups in total. The standard InChI is InChI=1S/C22H30N6O.HI/c1-4-16-6-5-7-19-17(12-25-21(16)19)8-9-24-22(23-2)28-10-11-29-20(15-28)18-13-26-27(3)14-18;/h5-7,12-14,20,25H,4,8-11,15H2,1-3H3,(H,23,24);1H. The van der Waals surface area contributed by atoms with Crippen LogP contribution in [0.5, 0.6) is 0 Å². The van der Waals surface area contributed by atoms with Gasteiger partial charge in [-0.2, -0.15) is 5.10 Å². The maximum atomic E-state index is 5.95. The molecule has 1 saturated heterocycles. The summed E-state index contributed by atoms with van der Waals surface area (Å²) in [4.78, 5) is 10.2. The fraction of sp³-hybridized carbons (Fsp3) is 0.455. The lowest BCUT2D eigenvalue weighted by molar-refractivity contribution is -0.00800. The minimum absolute atomic E-state index is 0. The quantitative estimate of drug-likeness (QED) is 0.307. The molecule has 0 aliphatic carbocycles. The number of rotatable bonds is 5. The van der Waals surface area contributed by atoms with Crippen molar-refractivity contribution in [1.82, 2.24) is 25.0 Å². The number of hydrogen-bond acceptors (Lipinski definition) is 3. The fourth-order valence-electron chi connectivity index (χ4n) is 4.07. The number of aryl methyl sites for hydroxylation is 2. The molecule has 1 aliphatic heterocycles. The maximum Gasteiger partial charge on any atom is 0.193 e. The number of halogens is 1. The van der Waals surface area contributed by atoms with Crippen molar-refractivity contribution in [1.29, 1.82) is 0 Å². The third kappa shape index (κ3) is 4.80. The van der Waals surface area contributed by atoms with Crippen LogP contribution in [-0.2, 0) is 24.6 Å². The highest BCUT2D eigenvalue weighted by atomic mass is 127. The van der Waals surface area contributed by atoms with Gasteiger partial charge in [0.15, 0.2) is 5.96 Å². The number of ether oxygens (including phenoxy) is 1. The van der Waals surface area contributed by atoms with Crippen LogP contribution in [-0.4, -0.2) is 58.9 Å². The second-order valence-corrected chi connectivity index (χ2v) is 7.48. The molecule has 3 heterocycles. The summed E-state index contributed by atoms with van der Waals surface area (Å²) >= 11 is 0. The number of aromatic amines is 1. The Bertz CT molecular complexity index is 995. The van der Waals surface area contributed by atoms with Crippen molar-refractivity contribution in [2.75, 3.05) is 33.3 Å². The summed E-state index contributed by atoms with van der Waals surface area (Å²) in [5.41, 5.74) is 5.08. The lowest BCUT2D eigenvalue weighted by Gasteiger charge is -2.34. The number of H-pyrrole nitrogens is 1. The van der Waals surface area contributed by atoms with E-state index in [0.717, 1.165) is 44.0 Å². The normalized spacial score (nSPS) is 17.2. The Kier molecular flexibility index (Phi) is 7.76. The monoisotopic (exact) mass is 522 g/mol. The zero-order valence-corrected chi connectivity index (χ0v) is 20.2. The first-order chi connectivity index (χ1) is 14.2.